The quantitative estimate of drug-likeness (QED) is 0.698. The third-order valence-corrected chi connectivity index (χ3v) is 3.68. The van der Waals surface area contributed by atoms with Gasteiger partial charge in [0.15, 0.2) is 0 Å². The molecule has 20 heavy (non-hydrogen) atoms. The number of amides is 2. The Morgan fingerprint density at radius 2 is 1.65 bits per heavy atom. The summed E-state index contributed by atoms with van der Waals surface area (Å²) in [4.78, 5) is 34.2. The Morgan fingerprint density at radius 3 is 2.10 bits per heavy atom. The molecule has 1 rings (SSSR count). The van der Waals surface area contributed by atoms with E-state index in [0.717, 1.165) is 24.2 Å². The highest BCUT2D eigenvalue weighted by Crippen LogP contribution is 2.28. The summed E-state index contributed by atoms with van der Waals surface area (Å²) in [6, 6.07) is -0.648. The van der Waals surface area contributed by atoms with Crippen molar-refractivity contribution in [2.45, 2.75) is 39.2 Å². The summed E-state index contributed by atoms with van der Waals surface area (Å²) in [7, 11) is 0. The summed E-state index contributed by atoms with van der Waals surface area (Å²) in [5, 5.41) is 20.2. The number of carboxylic acids is 2. The Hall–Kier alpha value is -1.79. The smallest absolute Gasteiger partial charge is 0.323 e. The lowest BCUT2D eigenvalue weighted by atomic mass is 9.80. The zero-order valence-electron chi connectivity index (χ0n) is 11.8. The normalized spacial score (nSPS) is 25.8. The standard InChI is InChI=1S/C13H22N2O5/c1-8-3-4-10(9(2)5-8)14-13(20)15(6-11(16)17)7-12(18)19/h8-10H,3-7H2,1-2H3,(H,14,20)(H,16,17)(H,18,19). The first-order valence-corrected chi connectivity index (χ1v) is 6.78. The first kappa shape index (κ1) is 16.3. The number of rotatable bonds is 5. The predicted octanol–water partition coefficient (Wildman–Crippen LogP) is 0.992. The Labute approximate surface area is 117 Å². The van der Waals surface area contributed by atoms with Gasteiger partial charge in [-0.15, -0.1) is 0 Å². The van der Waals surface area contributed by atoms with Crippen LogP contribution in [0.1, 0.15) is 33.1 Å². The fourth-order valence-corrected chi connectivity index (χ4v) is 2.66. The van der Waals surface area contributed by atoms with Gasteiger partial charge >= 0.3 is 18.0 Å². The molecule has 0 heterocycles. The van der Waals surface area contributed by atoms with Gasteiger partial charge in [-0.2, -0.15) is 0 Å². The van der Waals surface area contributed by atoms with Gasteiger partial charge in [-0.25, -0.2) is 4.79 Å². The molecule has 3 N–H and O–H groups in total. The van der Waals surface area contributed by atoms with Gasteiger partial charge in [-0.1, -0.05) is 13.8 Å². The summed E-state index contributed by atoms with van der Waals surface area (Å²) in [6.07, 6.45) is 2.85. The molecule has 0 aliphatic heterocycles. The maximum Gasteiger partial charge on any atom is 0.323 e. The molecule has 3 atom stereocenters. The highest BCUT2D eigenvalue weighted by Gasteiger charge is 2.29. The molecule has 7 heteroatoms. The van der Waals surface area contributed by atoms with Crippen LogP contribution in [0, 0.1) is 11.8 Å². The number of nitrogens with one attached hydrogen (secondary N) is 1. The molecule has 1 fully saturated rings. The lowest BCUT2D eigenvalue weighted by molar-refractivity contribution is -0.140. The van der Waals surface area contributed by atoms with Gasteiger partial charge in [0.2, 0.25) is 0 Å². The van der Waals surface area contributed by atoms with Gasteiger partial charge in [0.1, 0.15) is 13.1 Å². The lowest BCUT2D eigenvalue weighted by Gasteiger charge is -2.34. The van der Waals surface area contributed by atoms with E-state index in [1.54, 1.807) is 0 Å². The molecule has 2 amide bonds. The van der Waals surface area contributed by atoms with Crippen LogP contribution in [0.15, 0.2) is 0 Å². The number of urea groups is 1. The first-order chi connectivity index (χ1) is 9.29. The van der Waals surface area contributed by atoms with Crippen LogP contribution in [0.2, 0.25) is 0 Å². The number of hydrogen-bond donors (Lipinski definition) is 3. The summed E-state index contributed by atoms with van der Waals surface area (Å²) in [6.45, 7) is 2.97. The topological polar surface area (TPSA) is 107 Å². The van der Waals surface area contributed by atoms with E-state index in [2.05, 4.69) is 12.2 Å². The van der Waals surface area contributed by atoms with Gasteiger partial charge in [0, 0.05) is 6.04 Å². The van der Waals surface area contributed by atoms with E-state index in [4.69, 9.17) is 10.2 Å². The molecule has 7 nitrogen and oxygen atoms in total. The van der Waals surface area contributed by atoms with E-state index in [0.29, 0.717) is 11.8 Å². The third-order valence-electron chi connectivity index (χ3n) is 3.68. The number of carbonyl (C=O) groups excluding carboxylic acids is 1. The molecule has 1 aliphatic carbocycles. The van der Waals surface area contributed by atoms with Crippen LogP contribution in [0.4, 0.5) is 4.79 Å². The SMILES string of the molecule is CC1CCC(NC(=O)N(CC(=O)O)CC(=O)O)C(C)C1. The second kappa shape index (κ2) is 7.12. The zero-order valence-corrected chi connectivity index (χ0v) is 11.8. The monoisotopic (exact) mass is 286 g/mol. The van der Waals surface area contributed by atoms with Crippen LogP contribution < -0.4 is 5.32 Å². The first-order valence-electron chi connectivity index (χ1n) is 6.78. The minimum absolute atomic E-state index is 0.0243. The zero-order chi connectivity index (χ0) is 15.3. The molecule has 3 unspecified atom stereocenters. The van der Waals surface area contributed by atoms with Crippen LogP contribution >= 0.6 is 0 Å². The molecule has 0 spiro atoms. The molecule has 0 aromatic rings. The molecule has 0 saturated heterocycles. The summed E-state index contributed by atoms with van der Waals surface area (Å²) < 4.78 is 0. The van der Waals surface area contributed by atoms with Crippen molar-refractivity contribution in [1.29, 1.82) is 0 Å². The number of aliphatic carboxylic acids is 2. The minimum Gasteiger partial charge on any atom is -0.480 e. The average Bonchev–Trinajstić information content (AvgIpc) is 2.30. The Morgan fingerprint density at radius 1 is 1.10 bits per heavy atom. The summed E-state index contributed by atoms with van der Waals surface area (Å²) in [5.74, 6) is -1.54. The lowest BCUT2D eigenvalue weighted by Crippen LogP contribution is -2.51. The Kier molecular flexibility index (Phi) is 5.79. The van der Waals surface area contributed by atoms with Crippen molar-refractivity contribution >= 4 is 18.0 Å². The molecule has 0 bridgehead atoms. The molecular weight excluding hydrogens is 264 g/mol. The van der Waals surface area contributed by atoms with Crippen molar-refractivity contribution in [2.75, 3.05) is 13.1 Å². The molecule has 114 valence electrons. The molecule has 1 aliphatic rings. The summed E-state index contributed by atoms with van der Waals surface area (Å²) in [5.41, 5.74) is 0. The van der Waals surface area contributed by atoms with E-state index in [-0.39, 0.29) is 6.04 Å². The number of carbonyl (C=O) groups is 3. The second-order valence-electron chi connectivity index (χ2n) is 5.60. The second-order valence-corrected chi connectivity index (χ2v) is 5.60. The molecule has 0 radical (unpaired) electrons. The van der Waals surface area contributed by atoms with Gasteiger partial charge in [0.25, 0.3) is 0 Å². The van der Waals surface area contributed by atoms with Crippen molar-refractivity contribution in [1.82, 2.24) is 10.2 Å². The van der Waals surface area contributed by atoms with Gasteiger partial charge in [0.05, 0.1) is 0 Å². The van der Waals surface area contributed by atoms with E-state index in [9.17, 15) is 14.4 Å². The number of hydrogen-bond acceptors (Lipinski definition) is 3. The van der Waals surface area contributed by atoms with Gasteiger partial charge < -0.3 is 20.4 Å². The molecule has 0 aromatic heterocycles. The van der Waals surface area contributed by atoms with Crippen molar-refractivity contribution in [3.05, 3.63) is 0 Å². The van der Waals surface area contributed by atoms with E-state index < -0.39 is 31.1 Å². The fourth-order valence-electron chi connectivity index (χ4n) is 2.66. The van der Waals surface area contributed by atoms with E-state index in [1.807, 2.05) is 6.92 Å². The Balaban J connectivity index is 2.60. The van der Waals surface area contributed by atoms with Crippen LogP contribution in [-0.2, 0) is 9.59 Å². The maximum absolute atomic E-state index is 12.0. The maximum atomic E-state index is 12.0. The van der Waals surface area contributed by atoms with Crippen LogP contribution in [0.5, 0.6) is 0 Å². The van der Waals surface area contributed by atoms with E-state index in [1.165, 1.54) is 0 Å². The van der Waals surface area contributed by atoms with E-state index >= 15 is 0 Å². The predicted molar refractivity (Wildman–Crippen MR) is 71.3 cm³/mol. The number of carboxylic acid groups (broad SMARTS) is 2. The van der Waals surface area contributed by atoms with Gasteiger partial charge in [-0.3, -0.25) is 9.59 Å². The number of nitrogens with zero attached hydrogens (tertiary/aromatic N) is 1. The van der Waals surface area contributed by atoms with Crippen LogP contribution in [-0.4, -0.2) is 52.2 Å². The van der Waals surface area contributed by atoms with Crippen molar-refractivity contribution in [2.24, 2.45) is 11.8 Å². The molecular formula is C13H22N2O5. The fraction of sp³-hybridized carbons (Fsp3) is 0.769. The molecule has 0 aromatic carbocycles. The van der Waals surface area contributed by atoms with Crippen molar-refractivity contribution in [3.63, 3.8) is 0 Å². The van der Waals surface area contributed by atoms with Crippen molar-refractivity contribution < 1.29 is 24.6 Å². The Bertz CT molecular complexity index is 369. The third kappa shape index (κ3) is 5.07. The molecule has 1 saturated carbocycles. The van der Waals surface area contributed by atoms with Crippen molar-refractivity contribution in [3.8, 4) is 0 Å². The highest BCUT2D eigenvalue weighted by atomic mass is 16.4. The van der Waals surface area contributed by atoms with Gasteiger partial charge in [-0.05, 0) is 31.1 Å². The van der Waals surface area contributed by atoms with Crippen LogP contribution in [0.25, 0.3) is 0 Å². The van der Waals surface area contributed by atoms with Crippen LogP contribution in [0.3, 0.4) is 0 Å². The largest absolute Gasteiger partial charge is 0.480 e. The minimum atomic E-state index is -1.23. The highest BCUT2D eigenvalue weighted by molar-refractivity contribution is 5.84. The summed E-state index contributed by atoms with van der Waals surface area (Å²) >= 11 is 0. The average molecular weight is 286 g/mol.